The monoisotopic (exact) mass is 350 g/mol. The number of aliphatic carboxylic acids is 1. The molecule has 1 aliphatic rings. The number of nitrogens with one attached hydrogen (secondary N) is 1. The number of fused-ring (bicyclic) bond motifs is 1. The van der Waals surface area contributed by atoms with Gasteiger partial charge in [0.15, 0.2) is 5.65 Å². The highest BCUT2D eigenvalue weighted by Gasteiger charge is 2.51. The Labute approximate surface area is 149 Å². The highest BCUT2D eigenvalue weighted by Crippen LogP contribution is 2.36. The smallest absolute Gasteiger partial charge is 0.329 e. The molecular weight excluding hydrogens is 332 g/mol. The zero-order valence-electron chi connectivity index (χ0n) is 14.3. The Kier molecular flexibility index (Phi) is 3.72. The zero-order chi connectivity index (χ0) is 18.3. The number of carboxylic acid groups (broad SMARTS) is 1. The summed E-state index contributed by atoms with van der Waals surface area (Å²) in [6, 6.07) is 11.3. The molecule has 0 bridgehead atoms. The van der Waals surface area contributed by atoms with Gasteiger partial charge in [-0.05, 0) is 25.8 Å². The predicted molar refractivity (Wildman–Crippen MR) is 95.7 cm³/mol. The van der Waals surface area contributed by atoms with Crippen LogP contribution in [0.5, 0.6) is 0 Å². The quantitative estimate of drug-likeness (QED) is 0.737. The molecule has 0 saturated heterocycles. The van der Waals surface area contributed by atoms with E-state index in [2.05, 4.69) is 15.4 Å². The first-order chi connectivity index (χ1) is 12.5. The molecule has 0 unspecified atom stereocenters. The van der Waals surface area contributed by atoms with Crippen molar-refractivity contribution < 1.29 is 14.7 Å². The molecule has 4 rings (SSSR count). The number of pyridine rings is 1. The number of benzene rings is 1. The highest BCUT2D eigenvalue weighted by molar-refractivity contribution is 6.08. The number of amides is 1. The van der Waals surface area contributed by atoms with Gasteiger partial charge in [0.05, 0.1) is 22.8 Å². The topological polar surface area (TPSA) is 97.1 Å². The molecule has 2 heterocycles. The summed E-state index contributed by atoms with van der Waals surface area (Å²) in [7, 11) is 0. The van der Waals surface area contributed by atoms with E-state index in [1.54, 1.807) is 16.9 Å². The van der Waals surface area contributed by atoms with Crippen LogP contribution in [0.25, 0.3) is 22.3 Å². The fraction of sp³-hybridized carbons (Fsp3) is 0.263. The van der Waals surface area contributed by atoms with Crippen LogP contribution in [0.3, 0.4) is 0 Å². The van der Waals surface area contributed by atoms with Crippen molar-refractivity contribution in [2.75, 3.05) is 0 Å². The minimum Gasteiger partial charge on any atom is -0.480 e. The lowest BCUT2D eigenvalue weighted by atomic mass is 10.1. The molecule has 26 heavy (non-hydrogen) atoms. The number of aryl methyl sites for hydroxylation is 1. The molecule has 0 atom stereocenters. The highest BCUT2D eigenvalue weighted by atomic mass is 16.4. The third-order valence-electron chi connectivity index (χ3n) is 4.74. The van der Waals surface area contributed by atoms with Crippen LogP contribution < -0.4 is 5.32 Å². The van der Waals surface area contributed by atoms with Crippen molar-refractivity contribution in [3.05, 3.63) is 48.2 Å². The number of carbonyl (C=O) groups excluding carboxylic acids is 1. The Balaban J connectivity index is 1.84. The second-order valence-corrected chi connectivity index (χ2v) is 6.46. The summed E-state index contributed by atoms with van der Waals surface area (Å²) >= 11 is 0. The van der Waals surface area contributed by atoms with Gasteiger partial charge in [0.2, 0.25) is 0 Å². The molecule has 1 amide bonds. The van der Waals surface area contributed by atoms with E-state index in [1.165, 1.54) is 0 Å². The molecule has 1 saturated carbocycles. The molecule has 7 nitrogen and oxygen atoms in total. The molecule has 132 valence electrons. The lowest BCUT2D eigenvalue weighted by Crippen LogP contribution is -2.43. The van der Waals surface area contributed by atoms with E-state index in [1.807, 2.05) is 37.3 Å². The van der Waals surface area contributed by atoms with Gasteiger partial charge >= 0.3 is 5.97 Å². The van der Waals surface area contributed by atoms with Crippen LogP contribution in [0, 0.1) is 0 Å². The molecular formula is C19H18N4O3. The SMILES string of the molecule is CCn1ncc2c(C(=O)NC3(C(=O)O)CC3)cc(-c3ccccc3)nc21. The van der Waals surface area contributed by atoms with E-state index in [0.29, 0.717) is 41.7 Å². The lowest BCUT2D eigenvalue weighted by Gasteiger charge is -2.14. The zero-order valence-corrected chi connectivity index (χ0v) is 14.3. The van der Waals surface area contributed by atoms with E-state index < -0.39 is 17.4 Å². The molecule has 1 aromatic carbocycles. The van der Waals surface area contributed by atoms with Gasteiger partial charge in [-0.25, -0.2) is 14.5 Å². The standard InChI is InChI=1S/C19H18N4O3/c1-2-23-16-14(11-20-23)13(17(24)22-19(8-9-19)18(25)26)10-15(21-16)12-6-4-3-5-7-12/h3-7,10-11H,2,8-9H2,1H3,(H,22,24)(H,25,26). The summed E-state index contributed by atoms with van der Waals surface area (Å²) in [4.78, 5) is 28.9. The molecule has 0 radical (unpaired) electrons. The number of nitrogens with zero attached hydrogens (tertiary/aromatic N) is 3. The average Bonchev–Trinajstić information content (AvgIpc) is 3.32. The van der Waals surface area contributed by atoms with Gasteiger partial charge in [-0.15, -0.1) is 0 Å². The second-order valence-electron chi connectivity index (χ2n) is 6.46. The first-order valence-corrected chi connectivity index (χ1v) is 8.52. The number of hydrogen-bond donors (Lipinski definition) is 2. The Morgan fingerprint density at radius 2 is 2.00 bits per heavy atom. The average molecular weight is 350 g/mol. The first-order valence-electron chi connectivity index (χ1n) is 8.52. The molecule has 2 aromatic heterocycles. The third-order valence-corrected chi connectivity index (χ3v) is 4.74. The Morgan fingerprint density at radius 3 is 2.62 bits per heavy atom. The maximum atomic E-state index is 12.9. The van der Waals surface area contributed by atoms with Crippen molar-refractivity contribution in [1.29, 1.82) is 0 Å². The minimum absolute atomic E-state index is 0.390. The van der Waals surface area contributed by atoms with E-state index in [0.717, 1.165) is 5.56 Å². The van der Waals surface area contributed by atoms with Gasteiger partial charge in [-0.1, -0.05) is 30.3 Å². The van der Waals surface area contributed by atoms with Crippen LogP contribution in [0.1, 0.15) is 30.1 Å². The Morgan fingerprint density at radius 1 is 1.27 bits per heavy atom. The van der Waals surface area contributed by atoms with Crippen LogP contribution >= 0.6 is 0 Å². The number of carboxylic acids is 1. The van der Waals surface area contributed by atoms with Crippen LogP contribution in [-0.2, 0) is 11.3 Å². The van der Waals surface area contributed by atoms with Crippen LogP contribution in [0.4, 0.5) is 0 Å². The van der Waals surface area contributed by atoms with Crippen molar-refractivity contribution in [3.8, 4) is 11.3 Å². The summed E-state index contributed by atoms with van der Waals surface area (Å²) < 4.78 is 1.72. The van der Waals surface area contributed by atoms with Gasteiger partial charge in [0.25, 0.3) is 5.91 Å². The molecule has 7 heteroatoms. The van der Waals surface area contributed by atoms with Crippen molar-refractivity contribution in [2.24, 2.45) is 0 Å². The Hall–Kier alpha value is -3.22. The van der Waals surface area contributed by atoms with Crippen molar-refractivity contribution in [2.45, 2.75) is 31.8 Å². The van der Waals surface area contributed by atoms with Crippen LogP contribution in [0.2, 0.25) is 0 Å². The first kappa shape index (κ1) is 16.3. The van der Waals surface area contributed by atoms with Crippen molar-refractivity contribution in [1.82, 2.24) is 20.1 Å². The normalized spacial score (nSPS) is 15.0. The summed E-state index contributed by atoms with van der Waals surface area (Å²) in [5, 5.41) is 16.9. The van der Waals surface area contributed by atoms with Gasteiger partial charge in [0, 0.05) is 12.1 Å². The fourth-order valence-corrected chi connectivity index (χ4v) is 3.03. The number of rotatable bonds is 5. The van der Waals surface area contributed by atoms with E-state index in [-0.39, 0.29) is 0 Å². The van der Waals surface area contributed by atoms with Gasteiger partial charge in [-0.3, -0.25) is 4.79 Å². The number of aromatic nitrogens is 3. The summed E-state index contributed by atoms with van der Waals surface area (Å²) in [5.74, 6) is -1.41. The molecule has 0 aliphatic heterocycles. The van der Waals surface area contributed by atoms with Crippen LogP contribution in [0.15, 0.2) is 42.6 Å². The van der Waals surface area contributed by atoms with E-state index in [9.17, 15) is 14.7 Å². The van der Waals surface area contributed by atoms with Crippen molar-refractivity contribution >= 4 is 22.9 Å². The van der Waals surface area contributed by atoms with Gasteiger partial charge in [0.1, 0.15) is 5.54 Å². The molecule has 3 aromatic rings. The van der Waals surface area contributed by atoms with E-state index in [4.69, 9.17) is 0 Å². The summed E-state index contributed by atoms with van der Waals surface area (Å²) in [6.45, 7) is 2.57. The number of carbonyl (C=O) groups is 2. The van der Waals surface area contributed by atoms with Crippen molar-refractivity contribution in [3.63, 3.8) is 0 Å². The predicted octanol–water partition coefficient (Wildman–Crippen LogP) is 2.47. The molecule has 0 spiro atoms. The summed E-state index contributed by atoms with van der Waals surface area (Å²) in [6.07, 6.45) is 2.50. The van der Waals surface area contributed by atoms with Gasteiger partial charge < -0.3 is 10.4 Å². The summed E-state index contributed by atoms with van der Waals surface area (Å²) in [5.41, 5.74) is 1.39. The fourth-order valence-electron chi connectivity index (χ4n) is 3.03. The van der Waals surface area contributed by atoms with Crippen LogP contribution in [-0.4, -0.2) is 37.3 Å². The van der Waals surface area contributed by atoms with E-state index >= 15 is 0 Å². The van der Waals surface area contributed by atoms with Gasteiger partial charge in [-0.2, -0.15) is 5.10 Å². The molecule has 1 fully saturated rings. The Bertz CT molecular complexity index is 1010. The maximum absolute atomic E-state index is 12.9. The molecule has 2 N–H and O–H groups in total. The number of hydrogen-bond acceptors (Lipinski definition) is 4. The third kappa shape index (κ3) is 2.61. The molecule has 1 aliphatic carbocycles. The lowest BCUT2D eigenvalue weighted by molar-refractivity contribution is -0.140. The largest absolute Gasteiger partial charge is 0.480 e. The second kappa shape index (κ2) is 5.94. The maximum Gasteiger partial charge on any atom is 0.329 e. The minimum atomic E-state index is -1.14.